The Hall–Kier alpha value is -2.76. The molecule has 170 valence electrons. The number of rotatable bonds is 5. The number of primary amides is 1. The van der Waals surface area contributed by atoms with Gasteiger partial charge in [-0.05, 0) is 48.6 Å². The van der Waals surface area contributed by atoms with E-state index in [0.29, 0.717) is 17.8 Å². The van der Waals surface area contributed by atoms with Crippen LogP contribution in [0.4, 0.5) is 0 Å². The molecule has 3 heterocycles. The maximum atomic E-state index is 13.1. The van der Waals surface area contributed by atoms with Gasteiger partial charge < -0.3 is 15.5 Å². The number of amides is 3. The van der Waals surface area contributed by atoms with Crippen molar-refractivity contribution < 1.29 is 22.8 Å². The van der Waals surface area contributed by atoms with Crippen molar-refractivity contribution in [3.63, 3.8) is 0 Å². The Bertz CT molecular complexity index is 1110. The molecule has 2 saturated heterocycles. The van der Waals surface area contributed by atoms with Crippen molar-refractivity contribution in [3.8, 4) is 0 Å². The molecule has 2 aliphatic heterocycles. The second-order valence-corrected chi connectivity index (χ2v) is 10.6. The van der Waals surface area contributed by atoms with Gasteiger partial charge in [-0.15, -0.1) is 11.3 Å². The number of nitrogens with zero attached hydrogens (tertiary/aromatic N) is 3. The quantitative estimate of drug-likeness (QED) is 0.690. The fourth-order valence-corrected chi connectivity index (χ4v) is 6.21. The average molecular weight is 477 g/mol. The lowest BCUT2D eigenvalue weighted by Gasteiger charge is -2.36. The number of sulfonamides is 1. The Labute approximate surface area is 190 Å². The van der Waals surface area contributed by atoms with E-state index in [1.54, 1.807) is 15.9 Å². The topological polar surface area (TPSA) is 121 Å². The standard InChI is InChI=1S/C21H24N4O5S2/c22-19(26)15-5-7-16(8-6-15)32(29,30)24-12-10-23(11-13-24)20(27)17-3-1-9-25(17)21(28)18-4-2-14-31-18/h2,4-8,14,17H,1,3,9-13H2,(H2,22,26)/t17-/m1/s1. The molecular formula is C21H24N4O5S2. The van der Waals surface area contributed by atoms with Gasteiger partial charge in [0, 0.05) is 38.3 Å². The van der Waals surface area contributed by atoms with Crippen LogP contribution in [0.1, 0.15) is 32.9 Å². The lowest BCUT2D eigenvalue weighted by molar-refractivity contribution is -0.136. The highest BCUT2D eigenvalue weighted by molar-refractivity contribution is 7.89. The van der Waals surface area contributed by atoms with Crippen molar-refractivity contribution in [2.24, 2.45) is 5.73 Å². The fraction of sp³-hybridized carbons (Fsp3) is 0.381. The Balaban J connectivity index is 1.40. The van der Waals surface area contributed by atoms with Gasteiger partial charge in [-0.3, -0.25) is 14.4 Å². The van der Waals surface area contributed by atoms with Crippen molar-refractivity contribution >= 4 is 39.1 Å². The molecule has 11 heteroatoms. The highest BCUT2D eigenvalue weighted by atomic mass is 32.2. The van der Waals surface area contributed by atoms with Gasteiger partial charge in [0.1, 0.15) is 6.04 Å². The van der Waals surface area contributed by atoms with Crippen LogP contribution >= 0.6 is 11.3 Å². The molecule has 0 radical (unpaired) electrons. The zero-order chi connectivity index (χ0) is 22.9. The number of carbonyl (C=O) groups excluding carboxylic acids is 3. The summed E-state index contributed by atoms with van der Waals surface area (Å²) in [6.45, 7) is 1.39. The van der Waals surface area contributed by atoms with Crippen molar-refractivity contribution in [2.75, 3.05) is 32.7 Å². The minimum absolute atomic E-state index is 0.0748. The first-order chi connectivity index (χ1) is 15.3. The van der Waals surface area contributed by atoms with Crippen molar-refractivity contribution in [2.45, 2.75) is 23.8 Å². The highest BCUT2D eigenvalue weighted by Gasteiger charge is 2.39. The summed E-state index contributed by atoms with van der Waals surface area (Å²) in [5.74, 6) is -0.883. The van der Waals surface area contributed by atoms with Crippen LogP contribution in [0.2, 0.25) is 0 Å². The summed E-state index contributed by atoms with van der Waals surface area (Å²) in [7, 11) is -3.75. The molecule has 3 amide bonds. The number of likely N-dealkylation sites (tertiary alicyclic amines) is 1. The summed E-state index contributed by atoms with van der Waals surface area (Å²) < 4.78 is 27.2. The number of hydrogen-bond donors (Lipinski definition) is 1. The van der Waals surface area contributed by atoms with E-state index in [4.69, 9.17) is 5.73 Å². The van der Waals surface area contributed by atoms with Crippen LogP contribution in [0.3, 0.4) is 0 Å². The molecule has 9 nitrogen and oxygen atoms in total. The van der Waals surface area contributed by atoms with E-state index in [9.17, 15) is 22.8 Å². The van der Waals surface area contributed by atoms with Crippen molar-refractivity contribution in [1.82, 2.24) is 14.1 Å². The smallest absolute Gasteiger partial charge is 0.264 e. The number of thiophene rings is 1. The molecule has 0 spiro atoms. The van der Waals surface area contributed by atoms with E-state index in [2.05, 4.69) is 0 Å². The summed E-state index contributed by atoms with van der Waals surface area (Å²) in [4.78, 5) is 41.1. The van der Waals surface area contributed by atoms with E-state index in [-0.39, 0.29) is 48.5 Å². The minimum atomic E-state index is -3.75. The van der Waals surface area contributed by atoms with Crippen LogP contribution < -0.4 is 5.73 Å². The molecular weight excluding hydrogens is 452 g/mol. The summed E-state index contributed by atoms with van der Waals surface area (Å²) in [6.07, 6.45) is 1.38. The predicted molar refractivity (Wildman–Crippen MR) is 119 cm³/mol. The second-order valence-electron chi connectivity index (χ2n) is 7.75. The van der Waals surface area contributed by atoms with E-state index >= 15 is 0 Å². The number of hydrogen-bond acceptors (Lipinski definition) is 6. The van der Waals surface area contributed by atoms with Gasteiger partial charge in [-0.25, -0.2) is 8.42 Å². The van der Waals surface area contributed by atoms with Crippen LogP contribution in [-0.2, 0) is 14.8 Å². The molecule has 0 saturated carbocycles. The maximum absolute atomic E-state index is 13.1. The number of benzene rings is 1. The monoisotopic (exact) mass is 476 g/mol. The Morgan fingerprint density at radius 1 is 0.969 bits per heavy atom. The first kappa shape index (κ1) is 22.4. The summed E-state index contributed by atoms with van der Waals surface area (Å²) in [6, 6.07) is 8.55. The van der Waals surface area contributed by atoms with Gasteiger partial charge in [-0.1, -0.05) is 6.07 Å². The highest BCUT2D eigenvalue weighted by Crippen LogP contribution is 2.25. The molecule has 0 unspecified atom stereocenters. The second kappa shape index (κ2) is 9.00. The SMILES string of the molecule is NC(=O)c1ccc(S(=O)(=O)N2CCN(C(=O)[C@H]3CCCN3C(=O)c3cccs3)CC2)cc1. The zero-order valence-electron chi connectivity index (χ0n) is 17.3. The van der Waals surface area contributed by atoms with E-state index in [1.165, 1.54) is 39.9 Å². The van der Waals surface area contributed by atoms with Crippen molar-refractivity contribution in [1.29, 1.82) is 0 Å². The van der Waals surface area contributed by atoms with Crippen LogP contribution in [0.5, 0.6) is 0 Å². The normalized spacial score (nSPS) is 19.8. The van der Waals surface area contributed by atoms with Gasteiger partial charge in [0.25, 0.3) is 5.91 Å². The third-order valence-electron chi connectivity index (χ3n) is 5.86. The Kier molecular flexibility index (Phi) is 6.31. The summed E-state index contributed by atoms with van der Waals surface area (Å²) in [5.41, 5.74) is 5.44. The van der Waals surface area contributed by atoms with E-state index in [1.807, 2.05) is 11.4 Å². The molecule has 2 fully saturated rings. The van der Waals surface area contributed by atoms with Crippen LogP contribution in [0.15, 0.2) is 46.7 Å². The fourth-order valence-electron chi connectivity index (χ4n) is 4.11. The molecule has 2 aliphatic rings. The zero-order valence-corrected chi connectivity index (χ0v) is 19.0. The maximum Gasteiger partial charge on any atom is 0.264 e. The Morgan fingerprint density at radius 3 is 2.25 bits per heavy atom. The van der Waals surface area contributed by atoms with Gasteiger partial charge >= 0.3 is 0 Å². The van der Waals surface area contributed by atoms with Gasteiger partial charge in [0.05, 0.1) is 9.77 Å². The molecule has 4 rings (SSSR count). The van der Waals surface area contributed by atoms with E-state index < -0.39 is 22.0 Å². The molecule has 1 atom stereocenters. The number of nitrogens with two attached hydrogens (primary N) is 1. The molecule has 1 aromatic carbocycles. The van der Waals surface area contributed by atoms with Crippen LogP contribution in [-0.4, -0.2) is 79.0 Å². The molecule has 2 aromatic rings. The van der Waals surface area contributed by atoms with Gasteiger partial charge in [0.15, 0.2) is 0 Å². The predicted octanol–water partition coefficient (Wildman–Crippen LogP) is 0.985. The van der Waals surface area contributed by atoms with Gasteiger partial charge in [-0.2, -0.15) is 4.31 Å². The number of carbonyl (C=O) groups is 3. The summed E-state index contributed by atoms with van der Waals surface area (Å²) in [5, 5.41) is 1.83. The first-order valence-electron chi connectivity index (χ1n) is 10.3. The molecule has 0 aliphatic carbocycles. The average Bonchev–Trinajstić information content (AvgIpc) is 3.51. The van der Waals surface area contributed by atoms with E-state index in [0.717, 1.165) is 6.42 Å². The Morgan fingerprint density at radius 2 is 1.66 bits per heavy atom. The van der Waals surface area contributed by atoms with Crippen LogP contribution in [0.25, 0.3) is 0 Å². The lowest BCUT2D eigenvalue weighted by Crippen LogP contribution is -2.55. The van der Waals surface area contributed by atoms with Crippen molar-refractivity contribution in [3.05, 3.63) is 52.2 Å². The first-order valence-corrected chi connectivity index (χ1v) is 12.6. The third-order valence-corrected chi connectivity index (χ3v) is 8.63. The molecule has 2 N–H and O–H groups in total. The third kappa shape index (κ3) is 4.27. The largest absolute Gasteiger partial charge is 0.366 e. The number of piperazine rings is 1. The minimum Gasteiger partial charge on any atom is -0.366 e. The summed E-state index contributed by atoms with van der Waals surface area (Å²) >= 11 is 1.36. The van der Waals surface area contributed by atoms with Crippen LogP contribution in [0, 0.1) is 0 Å². The molecule has 1 aromatic heterocycles. The lowest BCUT2D eigenvalue weighted by atomic mass is 10.1. The molecule has 32 heavy (non-hydrogen) atoms. The van der Waals surface area contributed by atoms with Gasteiger partial charge in [0.2, 0.25) is 21.8 Å². The molecule has 0 bridgehead atoms.